The molecule has 8 heteroatoms. The van der Waals surface area contributed by atoms with Crippen LogP contribution in [-0.2, 0) is 9.59 Å². The minimum absolute atomic E-state index is 0. The number of carbonyl (C=O) groups excluding carboxylic acids is 2. The molecular weight excluding hydrogens is 363 g/mol. The first-order valence-electron chi connectivity index (χ1n) is 8.22. The van der Waals surface area contributed by atoms with Gasteiger partial charge in [-0.3, -0.25) is 14.5 Å². The third kappa shape index (κ3) is 6.15. The van der Waals surface area contributed by atoms with E-state index in [-0.39, 0.29) is 42.7 Å². The lowest BCUT2D eigenvalue weighted by Gasteiger charge is -2.32. The molecule has 1 aromatic carbocycles. The lowest BCUT2D eigenvalue weighted by molar-refractivity contribution is -0.124. The summed E-state index contributed by atoms with van der Waals surface area (Å²) in [5.74, 6) is -0.0182. The number of anilines is 1. The molecule has 3 rings (SSSR count). The lowest BCUT2D eigenvalue weighted by Crippen LogP contribution is -2.51. The maximum Gasteiger partial charge on any atom is 0.240 e. The van der Waals surface area contributed by atoms with Crippen molar-refractivity contribution in [3.05, 3.63) is 30.3 Å². The lowest BCUT2D eigenvalue weighted by atomic mass is 10.0. The third-order valence-corrected chi connectivity index (χ3v) is 4.59. The molecule has 0 bridgehead atoms. The summed E-state index contributed by atoms with van der Waals surface area (Å²) in [5.41, 5.74) is 6.11. The van der Waals surface area contributed by atoms with E-state index in [0.29, 0.717) is 6.54 Å². The largest absolute Gasteiger partial charge is 0.352 e. The summed E-state index contributed by atoms with van der Waals surface area (Å²) in [7, 11) is 0. The molecular formula is C17H26Cl2N4O2. The number of nitrogens with one attached hydrogen (secondary N) is 2. The summed E-state index contributed by atoms with van der Waals surface area (Å²) < 4.78 is 0. The van der Waals surface area contributed by atoms with E-state index in [4.69, 9.17) is 5.73 Å². The van der Waals surface area contributed by atoms with Gasteiger partial charge in [0.2, 0.25) is 11.8 Å². The molecule has 2 aliphatic rings. The minimum atomic E-state index is -0.604. The fraction of sp³-hybridized carbons (Fsp3) is 0.529. The number of hydrogen-bond acceptors (Lipinski definition) is 4. The number of para-hydroxylation sites is 1. The van der Waals surface area contributed by atoms with Crippen molar-refractivity contribution >= 4 is 42.3 Å². The monoisotopic (exact) mass is 388 g/mol. The van der Waals surface area contributed by atoms with Gasteiger partial charge in [0.25, 0.3) is 0 Å². The number of halogens is 2. The van der Waals surface area contributed by atoms with Crippen molar-refractivity contribution in [2.24, 2.45) is 5.73 Å². The van der Waals surface area contributed by atoms with E-state index < -0.39 is 5.54 Å². The van der Waals surface area contributed by atoms with Crippen LogP contribution < -0.4 is 16.4 Å². The predicted octanol–water partition coefficient (Wildman–Crippen LogP) is 1.54. The van der Waals surface area contributed by atoms with Crippen LogP contribution in [0.4, 0.5) is 5.69 Å². The number of hydrogen-bond donors (Lipinski definition) is 3. The normalized spacial score (nSPS) is 19.1. The second-order valence-electron chi connectivity index (χ2n) is 6.59. The van der Waals surface area contributed by atoms with Gasteiger partial charge in [0.05, 0.1) is 12.1 Å². The highest BCUT2D eigenvalue weighted by molar-refractivity contribution is 5.92. The summed E-state index contributed by atoms with van der Waals surface area (Å²) in [6.45, 7) is 2.01. The van der Waals surface area contributed by atoms with Gasteiger partial charge in [-0.2, -0.15) is 0 Å². The number of amides is 2. The third-order valence-electron chi connectivity index (χ3n) is 4.59. The van der Waals surface area contributed by atoms with Crippen LogP contribution in [0.5, 0.6) is 0 Å². The Bertz CT molecular complexity index is 573. The van der Waals surface area contributed by atoms with Gasteiger partial charge >= 0.3 is 0 Å². The van der Waals surface area contributed by atoms with Gasteiger partial charge in [-0.1, -0.05) is 18.2 Å². The molecule has 2 fully saturated rings. The van der Waals surface area contributed by atoms with Crippen molar-refractivity contribution in [1.29, 1.82) is 0 Å². The number of rotatable bonds is 5. The van der Waals surface area contributed by atoms with Gasteiger partial charge in [-0.05, 0) is 37.8 Å². The van der Waals surface area contributed by atoms with Crippen LogP contribution >= 0.6 is 24.8 Å². The van der Waals surface area contributed by atoms with Gasteiger partial charge in [-0.15, -0.1) is 24.8 Å². The zero-order valence-electron chi connectivity index (χ0n) is 14.1. The average Bonchev–Trinajstić information content (AvgIpc) is 3.29. The van der Waals surface area contributed by atoms with Gasteiger partial charge in [0, 0.05) is 24.8 Å². The molecule has 1 saturated heterocycles. The molecule has 1 aromatic rings. The Hall–Kier alpha value is -1.34. The first-order chi connectivity index (χ1) is 11.0. The molecule has 0 atom stereocenters. The standard InChI is InChI=1S/C17H24N4O2.2ClH/c18-17(8-9-17)16(23)20-14-6-10-21(11-7-14)12-15(22)19-13-4-2-1-3-5-13;;/h1-5,14H,6-12,18H2,(H,19,22)(H,20,23);2*1H. The van der Waals surface area contributed by atoms with Crippen molar-refractivity contribution in [2.75, 3.05) is 25.0 Å². The molecule has 0 unspecified atom stereocenters. The van der Waals surface area contributed by atoms with Crippen LogP contribution in [0.1, 0.15) is 25.7 Å². The number of likely N-dealkylation sites (tertiary alicyclic amines) is 1. The first-order valence-corrected chi connectivity index (χ1v) is 8.22. The van der Waals surface area contributed by atoms with Gasteiger partial charge in [0.1, 0.15) is 0 Å². The highest BCUT2D eigenvalue weighted by Gasteiger charge is 2.46. The van der Waals surface area contributed by atoms with E-state index in [1.807, 2.05) is 30.3 Å². The molecule has 2 amide bonds. The quantitative estimate of drug-likeness (QED) is 0.713. The number of piperidine rings is 1. The topological polar surface area (TPSA) is 87.5 Å². The maximum absolute atomic E-state index is 12.0. The van der Waals surface area contributed by atoms with Crippen molar-refractivity contribution in [2.45, 2.75) is 37.3 Å². The van der Waals surface area contributed by atoms with Crippen LogP contribution in [0.3, 0.4) is 0 Å². The molecule has 1 saturated carbocycles. The summed E-state index contributed by atoms with van der Waals surface area (Å²) in [5, 5.41) is 5.94. The molecule has 1 aliphatic heterocycles. The Morgan fingerprint density at radius 1 is 1.12 bits per heavy atom. The molecule has 4 N–H and O–H groups in total. The molecule has 25 heavy (non-hydrogen) atoms. The second-order valence-corrected chi connectivity index (χ2v) is 6.59. The zero-order valence-corrected chi connectivity index (χ0v) is 15.7. The fourth-order valence-corrected chi connectivity index (χ4v) is 2.85. The van der Waals surface area contributed by atoms with Crippen LogP contribution in [0.25, 0.3) is 0 Å². The maximum atomic E-state index is 12.0. The summed E-state index contributed by atoms with van der Waals surface area (Å²) in [6, 6.07) is 9.64. The van der Waals surface area contributed by atoms with Gasteiger partial charge < -0.3 is 16.4 Å². The summed E-state index contributed by atoms with van der Waals surface area (Å²) >= 11 is 0. The van der Waals surface area contributed by atoms with E-state index in [2.05, 4.69) is 15.5 Å². The van der Waals surface area contributed by atoms with Crippen LogP contribution in [0.2, 0.25) is 0 Å². The summed E-state index contributed by atoms with van der Waals surface area (Å²) in [6.07, 6.45) is 3.30. The van der Waals surface area contributed by atoms with Crippen LogP contribution in [0, 0.1) is 0 Å². The highest BCUT2D eigenvalue weighted by atomic mass is 35.5. The molecule has 6 nitrogen and oxygen atoms in total. The Labute approximate surface area is 160 Å². The zero-order chi connectivity index (χ0) is 16.3. The molecule has 0 aromatic heterocycles. The number of carbonyl (C=O) groups is 2. The predicted molar refractivity (Wildman–Crippen MR) is 103 cm³/mol. The van der Waals surface area contributed by atoms with Crippen molar-refractivity contribution < 1.29 is 9.59 Å². The minimum Gasteiger partial charge on any atom is -0.352 e. The summed E-state index contributed by atoms with van der Waals surface area (Å²) in [4.78, 5) is 26.1. The van der Waals surface area contributed by atoms with Crippen LogP contribution in [-0.4, -0.2) is 47.9 Å². The SMILES string of the molecule is Cl.Cl.NC1(C(=O)NC2CCN(CC(=O)Nc3ccccc3)CC2)CC1. The Morgan fingerprint density at radius 3 is 2.28 bits per heavy atom. The van der Waals surface area contributed by atoms with Gasteiger partial charge in [0.15, 0.2) is 0 Å². The van der Waals surface area contributed by atoms with Crippen molar-refractivity contribution in [1.82, 2.24) is 10.2 Å². The second kappa shape index (κ2) is 9.38. The van der Waals surface area contributed by atoms with Crippen molar-refractivity contribution in [3.63, 3.8) is 0 Å². The number of benzene rings is 1. The Morgan fingerprint density at radius 2 is 1.72 bits per heavy atom. The van der Waals surface area contributed by atoms with Crippen LogP contribution in [0.15, 0.2) is 30.3 Å². The van der Waals surface area contributed by atoms with E-state index in [1.54, 1.807) is 0 Å². The first kappa shape index (κ1) is 21.7. The van der Waals surface area contributed by atoms with Gasteiger partial charge in [-0.25, -0.2) is 0 Å². The Kier molecular flexibility index (Phi) is 8.15. The average molecular weight is 389 g/mol. The van der Waals surface area contributed by atoms with E-state index in [9.17, 15) is 9.59 Å². The van der Waals surface area contributed by atoms with E-state index >= 15 is 0 Å². The smallest absolute Gasteiger partial charge is 0.240 e. The van der Waals surface area contributed by atoms with Crippen molar-refractivity contribution in [3.8, 4) is 0 Å². The molecule has 140 valence electrons. The van der Waals surface area contributed by atoms with E-state index in [1.165, 1.54) is 0 Å². The van der Waals surface area contributed by atoms with E-state index in [0.717, 1.165) is 44.5 Å². The number of nitrogens with zero attached hydrogens (tertiary/aromatic N) is 1. The number of nitrogens with two attached hydrogens (primary N) is 1. The molecule has 1 aliphatic carbocycles. The highest BCUT2D eigenvalue weighted by Crippen LogP contribution is 2.32. The fourth-order valence-electron chi connectivity index (χ4n) is 2.85. The Balaban J connectivity index is 0.00000156. The molecule has 0 radical (unpaired) electrons. The molecule has 0 spiro atoms. The molecule has 1 heterocycles.